The van der Waals surface area contributed by atoms with Crippen molar-refractivity contribution in [2.24, 2.45) is 0 Å². The summed E-state index contributed by atoms with van der Waals surface area (Å²) >= 11 is 5.50. The first-order valence-corrected chi connectivity index (χ1v) is 4.63. The minimum absolute atomic E-state index is 0.182. The van der Waals surface area contributed by atoms with E-state index >= 15 is 0 Å². The van der Waals surface area contributed by atoms with Crippen molar-refractivity contribution in [3.8, 4) is 12.3 Å². The summed E-state index contributed by atoms with van der Waals surface area (Å²) in [4.78, 5) is 0. The molecule has 0 heterocycles. The Hall–Kier alpha value is -0.450. The van der Waals surface area contributed by atoms with E-state index in [1.807, 2.05) is 6.92 Å². The first-order chi connectivity index (χ1) is 5.74. The lowest BCUT2D eigenvalue weighted by atomic mass is 10.2. The van der Waals surface area contributed by atoms with Crippen LogP contribution in [-0.2, 0) is 0 Å². The van der Waals surface area contributed by atoms with Crippen LogP contribution in [0.25, 0.3) is 0 Å². The molecule has 1 atom stereocenters. The summed E-state index contributed by atoms with van der Waals surface area (Å²) in [6, 6.07) is 0.182. The molecule has 0 spiro atoms. The highest BCUT2D eigenvalue weighted by atomic mass is 35.5. The fourth-order valence-corrected chi connectivity index (χ4v) is 0.933. The van der Waals surface area contributed by atoms with E-state index < -0.39 is 0 Å². The molecule has 0 aliphatic rings. The molecule has 1 nitrogen and oxygen atoms in total. The molecular formula is C10H16ClN. The smallest absolute Gasteiger partial charge is 0.0689 e. The first-order valence-electron chi connectivity index (χ1n) is 4.20. The third-order valence-corrected chi connectivity index (χ3v) is 1.96. The van der Waals surface area contributed by atoms with Crippen molar-refractivity contribution in [1.82, 2.24) is 5.32 Å². The number of nitrogens with one attached hydrogen (secondary N) is 1. The van der Waals surface area contributed by atoms with Crippen LogP contribution < -0.4 is 5.32 Å². The lowest BCUT2D eigenvalue weighted by molar-refractivity contribution is 0.588. The van der Waals surface area contributed by atoms with Crippen LogP contribution in [0.3, 0.4) is 0 Å². The van der Waals surface area contributed by atoms with Crippen LogP contribution in [0, 0.1) is 12.3 Å². The first kappa shape index (κ1) is 11.6. The van der Waals surface area contributed by atoms with Gasteiger partial charge in [0.15, 0.2) is 0 Å². The highest BCUT2D eigenvalue weighted by Crippen LogP contribution is 1.97. The number of rotatable bonds is 5. The Morgan fingerprint density at radius 3 is 2.83 bits per heavy atom. The highest BCUT2D eigenvalue weighted by molar-refractivity contribution is 6.25. The van der Waals surface area contributed by atoms with Gasteiger partial charge in [0.1, 0.15) is 0 Å². The maximum atomic E-state index is 5.50. The van der Waals surface area contributed by atoms with Crippen LogP contribution in [0.2, 0.25) is 0 Å². The maximum Gasteiger partial charge on any atom is 0.0689 e. The molecule has 68 valence electrons. The molecule has 0 aliphatic carbocycles. The summed E-state index contributed by atoms with van der Waals surface area (Å²) in [7, 11) is 0. The van der Waals surface area contributed by atoms with Crippen molar-refractivity contribution in [3.05, 3.63) is 11.1 Å². The molecule has 0 bridgehead atoms. The van der Waals surface area contributed by atoms with E-state index in [-0.39, 0.29) is 6.04 Å². The molecule has 0 aromatic rings. The summed E-state index contributed by atoms with van der Waals surface area (Å²) in [5.74, 6) is 2.70. The second-order valence-corrected chi connectivity index (χ2v) is 3.06. The van der Waals surface area contributed by atoms with Gasteiger partial charge in [-0.3, -0.25) is 5.32 Å². The molecule has 2 heteroatoms. The highest BCUT2D eigenvalue weighted by Gasteiger charge is 2.01. The van der Waals surface area contributed by atoms with Gasteiger partial charge < -0.3 is 0 Å². The molecule has 0 saturated heterocycles. The van der Waals surface area contributed by atoms with Crippen LogP contribution >= 0.6 is 11.6 Å². The van der Waals surface area contributed by atoms with Crippen LogP contribution in [0.4, 0.5) is 0 Å². The van der Waals surface area contributed by atoms with Crippen molar-refractivity contribution < 1.29 is 0 Å². The summed E-state index contributed by atoms with van der Waals surface area (Å²) in [5, 5.41) is 3.23. The lowest BCUT2D eigenvalue weighted by Crippen LogP contribution is -2.28. The van der Waals surface area contributed by atoms with E-state index in [4.69, 9.17) is 18.0 Å². The number of hydrogen-bond acceptors (Lipinski definition) is 1. The quantitative estimate of drug-likeness (QED) is 0.650. The molecule has 0 aliphatic heterocycles. The van der Waals surface area contributed by atoms with E-state index in [1.165, 1.54) is 0 Å². The van der Waals surface area contributed by atoms with Crippen molar-refractivity contribution in [2.75, 3.05) is 6.54 Å². The molecular weight excluding hydrogens is 170 g/mol. The van der Waals surface area contributed by atoms with Crippen molar-refractivity contribution >= 4 is 11.6 Å². The van der Waals surface area contributed by atoms with Crippen molar-refractivity contribution in [3.63, 3.8) is 0 Å². The molecule has 0 saturated carbocycles. The van der Waals surface area contributed by atoms with Gasteiger partial charge >= 0.3 is 0 Å². The predicted octanol–water partition coefficient (Wildman–Crippen LogP) is 2.52. The van der Waals surface area contributed by atoms with E-state index in [2.05, 4.69) is 18.2 Å². The van der Waals surface area contributed by atoms with Crippen molar-refractivity contribution in [1.29, 1.82) is 0 Å². The summed E-state index contributed by atoms with van der Waals surface area (Å²) in [6.07, 6.45) is 7.44. The molecule has 0 aromatic heterocycles. The van der Waals surface area contributed by atoms with Gasteiger partial charge in [-0.05, 0) is 18.9 Å². The van der Waals surface area contributed by atoms with Gasteiger partial charge in [-0.15, -0.1) is 6.42 Å². The number of terminal acetylenes is 1. The Labute approximate surface area is 80.2 Å². The van der Waals surface area contributed by atoms with Crippen LogP contribution in [0.15, 0.2) is 11.1 Å². The fourth-order valence-electron chi connectivity index (χ4n) is 0.856. The van der Waals surface area contributed by atoms with Gasteiger partial charge in [0.2, 0.25) is 0 Å². The van der Waals surface area contributed by atoms with Gasteiger partial charge in [-0.25, -0.2) is 0 Å². The Balaban J connectivity index is 3.67. The molecule has 12 heavy (non-hydrogen) atoms. The minimum atomic E-state index is 0.182. The third kappa shape index (κ3) is 5.23. The lowest BCUT2D eigenvalue weighted by Gasteiger charge is -2.11. The molecule has 0 aromatic carbocycles. The van der Waals surface area contributed by atoms with Crippen molar-refractivity contribution in [2.45, 2.75) is 32.7 Å². The molecule has 0 amide bonds. The molecule has 0 fully saturated rings. The van der Waals surface area contributed by atoms with Gasteiger partial charge in [-0.1, -0.05) is 30.9 Å². The summed E-state index contributed by atoms with van der Waals surface area (Å²) < 4.78 is 0. The van der Waals surface area contributed by atoms with E-state index in [0.717, 1.165) is 25.0 Å². The normalized spacial score (nSPS) is 14.0. The van der Waals surface area contributed by atoms with Crippen LogP contribution in [0.1, 0.15) is 26.7 Å². The second-order valence-electron chi connectivity index (χ2n) is 2.84. The average Bonchev–Trinajstić information content (AvgIpc) is 2.11. The number of halogens is 1. The summed E-state index contributed by atoms with van der Waals surface area (Å²) in [5.41, 5.74) is 2.68. The van der Waals surface area contributed by atoms with Crippen LogP contribution in [-0.4, -0.2) is 12.6 Å². The third-order valence-electron chi connectivity index (χ3n) is 1.59. The van der Waals surface area contributed by atoms with Gasteiger partial charge in [0.05, 0.1) is 6.04 Å². The average molecular weight is 186 g/mol. The maximum absolute atomic E-state index is 5.50. The zero-order valence-corrected chi connectivity index (χ0v) is 8.49. The minimum Gasteiger partial charge on any atom is -0.300 e. The largest absolute Gasteiger partial charge is 0.300 e. The zero-order chi connectivity index (χ0) is 9.40. The zero-order valence-electron chi connectivity index (χ0n) is 7.73. The molecule has 0 rings (SSSR count). The van der Waals surface area contributed by atoms with Gasteiger partial charge in [-0.2, -0.15) is 0 Å². The monoisotopic (exact) mass is 185 g/mol. The van der Waals surface area contributed by atoms with E-state index in [0.29, 0.717) is 0 Å². The Morgan fingerprint density at radius 1 is 1.75 bits per heavy atom. The second kappa shape index (κ2) is 7.21. The van der Waals surface area contributed by atoms with E-state index in [1.54, 1.807) is 5.54 Å². The molecule has 0 radical (unpaired) electrons. The van der Waals surface area contributed by atoms with Crippen LogP contribution in [0.5, 0.6) is 0 Å². The fraction of sp³-hybridized carbons (Fsp3) is 0.600. The molecule has 1 N–H and O–H groups in total. The topological polar surface area (TPSA) is 12.0 Å². The van der Waals surface area contributed by atoms with Gasteiger partial charge in [0.25, 0.3) is 0 Å². The van der Waals surface area contributed by atoms with E-state index in [9.17, 15) is 0 Å². The predicted molar refractivity (Wildman–Crippen MR) is 55.1 cm³/mol. The standard InChI is InChI=1S/C10H16ClN/c1-4-6-10(5-2)12-8-9(3)7-11/h2,7,10,12H,4,6,8H2,1,3H3. The number of hydrogen-bond donors (Lipinski definition) is 1. The van der Waals surface area contributed by atoms with Gasteiger partial charge in [0, 0.05) is 12.1 Å². The Kier molecular flexibility index (Phi) is 6.94. The summed E-state index contributed by atoms with van der Waals surface area (Å²) in [6.45, 7) is 4.87. The SMILES string of the molecule is C#CC(CCC)NCC(C)=CCl. The molecule has 1 unspecified atom stereocenters. The Morgan fingerprint density at radius 2 is 2.42 bits per heavy atom. The Bertz CT molecular complexity index is 179.